The smallest absolute Gasteiger partial charge is 0.297 e. The van der Waals surface area contributed by atoms with Crippen molar-refractivity contribution in [1.29, 1.82) is 0 Å². The highest BCUT2D eigenvalue weighted by molar-refractivity contribution is 5.93. The molecule has 0 bridgehead atoms. The molecule has 0 unspecified atom stereocenters. The van der Waals surface area contributed by atoms with E-state index in [1.807, 2.05) is 58.9 Å². The van der Waals surface area contributed by atoms with E-state index >= 15 is 0 Å². The van der Waals surface area contributed by atoms with E-state index in [-0.39, 0.29) is 5.91 Å². The van der Waals surface area contributed by atoms with Crippen LogP contribution >= 0.6 is 0 Å². The number of aromatic nitrogens is 1. The lowest BCUT2D eigenvalue weighted by molar-refractivity contribution is 0.0931. The molecule has 142 valence electrons. The van der Waals surface area contributed by atoms with Crippen molar-refractivity contribution < 1.29 is 18.0 Å². The molecule has 0 aliphatic heterocycles. The third-order valence-electron chi connectivity index (χ3n) is 3.54. The molecule has 0 amide bonds. The van der Waals surface area contributed by atoms with Crippen LogP contribution in [0.1, 0.15) is 39.4 Å². The molecule has 4 heterocycles. The first-order chi connectivity index (χ1) is 12.8. The molecule has 0 fully saturated rings. The largest absolute Gasteiger partial charge is 0.467 e. The zero-order chi connectivity index (χ0) is 19.8. The molecule has 0 N–H and O–H groups in total. The lowest BCUT2D eigenvalue weighted by Crippen LogP contribution is -2.07. The first-order valence-electron chi connectivity index (χ1n) is 8.65. The zero-order valence-electron chi connectivity index (χ0n) is 16.4. The van der Waals surface area contributed by atoms with Gasteiger partial charge in [-0.25, -0.2) is 0 Å². The Morgan fingerprint density at radius 1 is 0.630 bits per heavy atom. The third-order valence-corrected chi connectivity index (χ3v) is 3.54. The van der Waals surface area contributed by atoms with E-state index in [0.717, 1.165) is 28.8 Å². The van der Waals surface area contributed by atoms with Gasteiger partial charge < -0.3 is 13.3 Å². The summed E-state index contributed by atoms with van der Waals surface area (Å²) in [5, 5.41) is 0. The van der Waals surface area contributed by atoms with Crippen molar-refractivity contribution >= 4 is 5.91 Å². The molecule has 0 radical (unpaired) electrons. The summed E-state index contributed by atoms with van der Waals surface area (Å²) in [6.07, 6.45) is 3.39. The number of carbonyl (C=O) groups excluding carboxylic acids is 1. The van der Waals surface area contributed by atoms with Crippen LogP contribution in [0.5, 0.6) is 0 Å². The fourth-order valence-corrected chi connectivity index (χ4v) is 2.26. The Morgan fingerprint density at radius 2 is 1.00 bits per heavy atom. The van der Waals surface area contributed by atoms with Gasteiger partial charge in [0.25, 0.3) is 5.91 Å². The molecule has 0 aromatic carbocycles. The van der Waals surface area contributed by atoms with E-state index in [4.69, 9.17) is 13.3 Å². The molecule has 0 aliphatic rings. The molecule has 5 heteroatoms. The Bertz CT molecular complexity index is 883. The van der Waals surface area contributed by atoms with Gasteiger partial charge in [0.15, 0.2) is 5.76 Å². The van der Waals surface area contributed by atoms with Crippen molar-refractivity contribution in [2.45, 2.75) is 34.6 Å². The Morgan fingerprint density at radius 3 is 1.30 bits per heavy atom. The fraction of sp³-hybridized carbons (Fsp3) is 0.227. The minimum Gasteiger partial charge on any atom is -0.467 e. The Balaban J connectivity index is 0.000000159. The maximum absolute atomic E-state index is 11.6. The lowest BCUT2D eigenvalue weighted by atomic mass is 10.4. The maximum atomic E-state index is 11.6. The van der Waals surface area contributed by atoms with Crippen LogP contribution in [-0.4, -0.2) is 10.5 Å². The quantitative estimate of drug-likeness (QED) is 0.422. The number of hydrogen-bond acceptors (Lipinski definition) is 4. The second-order valence-corrected chi connectivity index (χ2v) is 6.12. The zero-order valence-corrected chi connectivity index (χ0v) is 16.4. The number of hydrogen-bond donors (Lipinski definition) is 0. The van der Waals surface area contributed by atoms with Gasteiger partial charge >= 0.3 is 0 Å². The summed E-state index contributed by atoms with van der Waals surface area (Å²) in [7, 11) is 0. The van der Waals surface area contributed by atoms with Crippen molar-refractivity contribution in [2.24, 2.45) is 0 Å². The van der Waals surface area contributed by atoms with Crippen molar-refractivity contribution in [3.63, 3.8) is 0 Å². The summed E-state index contributed by atoms with van der Waals surface area (Å²) in [6.45, 7) is 9.56. The summed E-state index contributed by atoms with van der Waals surface area (Å²) in [4.78, 5) is 11.6. The minimum atomic E-state index is -0.141. The predicted octanol–water partition coefficient (Wildman–Crippen LogP) is 5.87. The summed E-state index contributed by atoms with van der Waals surface area (Å²) in [5.74, 6) is 4.91. The highest BCUT2D eigenvalue weighted by Gasteiger charge is 2.10. The van der Waals surface area contributed by atoms with Gasteiger partial charge in [0, 0.05) is 12.4 Å². The standard InChI is InChI=1S/C10H9NO2.2C6H8O/c1-8-4-5-9(13-8)10(12)11-6-2-3-7-11;2*1-5-3-4-6(2)7-5/h2-7H,1H3;2*3-4H,1-2H3. The molecule has 4 aromatic rings. The molecular formula is C22H25NO4. The maximum Gasteiger partial charge on any atom is 0.297 e. The van der Waals surface area contributed by atoms with Gasteiger partial charge in [-0.1, -0.05) is 0 Å². The second kappa shape index (κ2) is 9.48. The minimum absolute atomic E-state index is 0.141. The third kappa shape index (κ3) is 6.55. The van der Waals surface area contributed by atoms with E-state index in [9.17, 15) is 4.79 Å². The van der Waals surface area contributed by atoms with Gasteiger partial charge in [-0.05, 0) is 83.1 Å². The highest BCUT2D eigenvalue weighted by atomic mass is 16.4. The van der Waals surface area contributed by atoms with Crippen LogP contribution < -0.4 is 0 Å². The first-order valence-corrected chi connectivity index (χ1v) is 8.65. The van der Waals surface area contributed by atoms with Crippen LogP contribution in [-0.2, 0) is 0 Å². The van der Waals surface area contributed by atoms with E-state index < -0.39 is 0 Å². The normalized spacial score (nSPS) is 9.81. The number of carbonyl (C=O) groups is 1. The van der Waals surface area contributed by atoms with Crippen LogP contribution in [0, 0.1) is 34.6 Å². The molecule has 0 aliphatic carbocycles. The van der Waals surface area contributed by atoms with Gasteiger partial charge in [0.2, 0.25) is 0 Å². The van der Waals surface area contributed by atoms with Crippen LogP contribution in [0.2, 0.25) is 0 Å². The van der Waals surface area contributed by atoms with Crippen molar-refractivity contribution in [3.05, 3.63) is 95.5 Å². The molecule has 5 nitrogen and oxygen atoms in total. The average Bonchev–Trinajstić information content (AvgIpc) is 3.39. The van der Waals surface area contributed by atoms with Crippen molar-refractivity contribution in [3.8, 4) is 0 Å². The van der Waals surface area contributed by atoms with Gasteiger partial charge in [-0.15, -0.1) is 0 Å². The molecular weight excluding hydrogens is 342 g/mol. The Kier molecular flexibility index (Phi) is 7.06. The summed E-state index contributed by atoms with van der Waals surface area (Å²) >= 11 is 0. The van der Waals surface area contributed by atoms with Crippen molar-refractivity contribution in [1.82, 2.24) is 4.57 Å². The van der Waals surface area contributed by atoms with E-state index in [2.05, 4.69) is 0 Å². The van der Waals surface area contributed by atoms with Gasteiger partial charge in [0.1, 0.15) is 28.8 Å². The molecule has 0 saturated heterocycles. The van der Waals surface area contributed by atoms with E-state index in [1.165, 1.54) is 4.57 Å². The Hall–Kier alpha value is -3.21. The van der Waals surface area contributed by atoms with Crippen LogP contribution in [0.3, 0.4) is 0 Å². The van der Waals surface area contributed by atoms with E-state index in [0.29, 0.717) is 5.76 Å². The molecule has 0 atom stereocenters. The van der Waals surface area contributed by atoms with Gasteiger partial charge in [0.05, 0.1) is 0 Å². The Labute approximate surface area is 159 Å². The second-order valence-electron chi connectivity index (χ2n) is 6.12. The van der Waals surface area contributed by atoms with Gasteiger partial charge in [-0.3, -0.25) is 9.36 Å². The summed E-state index contributed by atoms with van der Waals surface area (Å²) in [5.41, 5.74) is 0. The number of furan rings is 3. The molecule has 0 spiro atoms. The SMILES string of the molecule is Cc1ccc(C(=O)n2cccc2)o1.Cc1ccc(C)o1.Cc1ccc(C)o1. The number of rotatable bonds is 1. The highest BCUT2D eigenvalue weighted by Crippen LogP contribution is 2.08. The lowest BCUT2D eigenvalue weighted by Gasteiger charge is -1.96. The summed E-state index contributed by atoms with van der Waals surface area (Å²) in [6, 6.07) is 14.9. The molecule has 4 aromatic heterocycles. The van der Waals surface area contributed by atoms with Crippen molar-refractivity contribution in [2.75, 3.05) is 0 Å². The monoisotopic (exact) mass is 367 g/mol. The predicted molar refractivity (Wildman–Crippen MR) is 104 cm³/mol. The van der Waals surface area contributed by atoms with Gasteiger partial charge in [-0.2, -0.15) is 0 Å². The van der Waals surface area contributed by atoms with E-state index in [1.54, 1.807) is 36.7 Å². The molecule has 27 heavy (non-hydrogen) atoms. The fourth-order valence-electron chi connectivity index (χ4n) is 2.26. The summed E-state index contributed by atoms with van der Waals surface area (Å²) < 4.78 is 16.8. The molecule has 0 saturated carbocycles. The van der Waals surface area contributed by atoms with Crippen LogP contribution in [0.15, 0.2) is 74.2 Å². The van der Waals surface area contributed by atoms with Crippen LogP contribution in [0.25, 0.3) is 0 Å². The number of aryl methyl sites for hydroxylation is 5. The molecule has 4 rings (SSSR count). The average molecular weight is 367 g/mol. The topological polar surface area (TPSA) is 61.4 Å². The first kappa shape index (κ1) is 20.1. The number of nitrogens with zero attached hydrogens (tertiary/aromatic N) is 1. The van der Waals surface area contributed by atoms with Crippen LogP contribution in [0.4, 0.5) is 0 Å².